The third-order valence-electron chi connectivity index (χ3n) is 2.95. The Labute approximate surface area is 122 Å². The van der Waals surface area contributed by atoms with Crippen molar-refractivity contribution in [2.24, 2.45) is 0 Å². The van der Waals surface area contributed by atoms with E-state index in [1.807, 2.05) is 6.92 Å². The van der Waals surface area contributed by atoms with Crippen LogP contribution in [-0.4, -0.2) is 29.8 Å². The first-order chi connectivity index (χ1) is 8.89. The van der Waals surface area contributed by atoms with Crippen molar-refractivity contribution in [3.63, 3.8) is 0 Å². The molecule has 4 nitrogen and oxygen atoms in total. The molecule has 19 heavy (non-hydrogen) atoms. The van der Waals surface area contributed by atoms with Crippen LogP contribution >= 0.6 is 23.2 Å². The van der Waals surface area contributed by atoms with E-state index in [-0.39, 0.29) is 0 Å². The van der Waals surface area contributed by atoms with Gasteiger partial charge in [-0.15, -0.1) is 0 Å². The molecule has 1 unspecified atom stereocenters. The second kappa shape index (κ2) is 6.98. The minimum Gasteiger partial charge on any atom is -0.491 e. The molecule has 2 N–H and O–H groups in total. The van der Waals surface area contributed by atoms with Crippen molar-refractivity contribution in [2.45, 2.75) is 25.8 Å². The topological polar surface area (TPSA) is 58.6 Å². The van der Waals surface area contributed by atoms with Gasteiger partial charge in [-0.25, -0.2) is 0 Å². The summed E-state index contributed by atoms with van der Waals surface area (Å²) in [5.41, 5.74) is -0.937. The molecule has 0 fully saturated rings. The number of halogens is 2. The van der Waals surface area contributed by atoms with E-state index < -0.39 is 11.5 Å². The molecule has 1 aromatic rings. The average molecular weight is 306 g/mol. The van der Waals surface area contributed by atoms with Crippen LogP contribution < -0.4 is 10.1 Å². The van der Waals surface area contributed by atoms with Crippen molar-refractivity contribution in [2.75, 3.05) is 13.2 Å². The van der Waals surface area contributed by atoms with Crippen LogP contribution in [0.1, 0.15) is 20.3 Å². The van der Waals surface area contributed by atoms with Crippen molar-refractivity contribution >= 4 is 29.2 Å². The fourth-order valence-electron chi connectivity index (χ4n) is 1.43. The molecular formula is C13H17Cl2NO3. The monoisotopic (exact) mass is 305 g/mol. The Hall–Kier alpha value is -0.970. The Kier molecular flexibility index (Phi) is 5.91. The van der Waals surface area contributed by atoms with Crippen LogP contribution in [0.4, 0.5) is 0 Å². The lowest BCUT2D eigenvalue weighted by Crippen LogP contribution is -2.50. The predicted octanol–water partition coefficient (Wildman–Crippen LogP) is 3.22. The van der Waals surface area contributed by atoms with Crippen molar-refractivity contribution in [3.8, 4) is 5.75 Å². The van der Waals surface area contributed by atoms with Crippen LogP contribution in [0.3, 0.4) is 0 Å². The number of benzene rings is 1. The number of hydrogen-bond donors (Lipinski definition) is 2. The lowest BCUT2D eigenvalue weighted by atomic mass is 9.99. The second-order valence-corrected chi connectivity index (χ2v) is 5.18. The highest BCUT2D eigenvalue weighted by molar-refractivity contribution is 6.35. The molecule has 1 rings (SSSR count). The molecule has 0 amide bonds. The van der Waals surface area contributed by atoms with Gasteiger partial charge in [0.1, 0.15) is 17.9 Å². The summed E-state index contributed by atoms with van der Waals surface area (Å²) >= 11 is 11.7. The van der Waals surface area contributed by atoms with Gasteiger partial charge >= 0.3 is 5.97 Å². The Morgan fingerprint density at radius 3 is 2.68 bits per heavy atom. The maximum Gasteiger partial charge on any atom is 0.323 e. The van der Waals surface area contributed by atoms with E-state index in [4.69, 9.17) is 33.0 Å². The molecule has 106 valence electrons. The largest absolute Gasteiger partial charge is 0.491 e. The van der Waals surface area contributed by atoms with Crippen molar-refractivity contribution in [1.29, 1.82) is 0 Å². The minimum absolute atomic E-state index is 0.324. The van der Waals surface area contributed by atoms with Crippen molar-refractivity contribution < 1.29 is 14.6 Å². The van der Waals surface area contributed by atoms with Crippen LogP contribution in [-0.2, 0) is 4.79 Å². The van der Waals surface area contributed by atoms with E-state index in [1.165, 1.54) is 0 Å². The maximum atomic E-state index is 11.1. The molecule has 0 bridgehead atoms. The first-order valence-corrected chi connectivity index (χ1v) is 6.71. The molecule has 6 heteroatoms. The second-order valence-electron chi connectivity index (χ2n) is 4.34. The van der Waals surface area contributed by atoms with Crippen molar-refractivity contribution in [3.05, 3.63) is 28.2 Å². The molecule has 0 aliphatic carbocycles. The Bertz CT molecular complexity index is 454. The first-order valence-electron chi connectivity index (χ1n) is 5.95. The summed E-state index contributed by atoms with van der Waals surface area (Å²) in [6.45, 7) is 4.20. The molecule has 0 aromatic heterocycles. The van der Waals surface area contributed by atoms with Gasteiger partial charge in [0.05, 0.1) is 5.02 Å². The third-order valence-corrected chi connectivity index (χ3v) is 3.48. The number of carboxylic acids is 1. The van der Waals surface area contributed by atoms with Crippen molar-refractivity contribution in [1.82, 2.24) is 5.32 Å². The summed E-state index contributed by atoms with van der Waals surface area (Å²) in [7, 11) is 0. The summed E-state index contributed by atoms with van der Waals surface area (Å²) in [6.07, 6.45) is 0.490. The van der Waals surface area contributed by atoms with Gasteiger partial charge in [0, 0.05) is 11.6 Å². The highest BCUT2D eigenvalue weighted by Gasteiger charge is 2.29. The van der Waals surface area contributed by atoms with E-state index in [2.05, 4.69) is 5.32 Å². The van der Waals surface area contributed by atoms with Gasteiger partial charge in [0.15, 0.2) is 0 Å². The summed E-state index contributed by atoms with van der Waals surface area (Å²) in [6, 6.07) is 4.96. The number of rotatable bonds is 7. The SMILES string of the molecule is CCC(C)(NCCOc1ccc(Cl)cc1Cl)C(=O)O. The lowest BCUT2D eigenvalue weighted by Gasteiger charge is -2.24. The number of hydrogen-bond acceptors (Lipinski definition) is 3. The van der Waals surface area contributed by atoms with Crippen LogP contribution in [0.2, 0.25) is 10.0 Å². The van der Waals surface area contributed by atoms with Gasteiger partial charge < -0.3 is 9.84 Å². The van der Waals surface area contributed by atoms with Gasteiger partial charge in [-0.05, 0) is 31.5 Å². The molecule has 0 aliphatic heterocycles. The standard InChI is InChI=1S/C13H17Cl2NO3/c1-3-13(2,12(17)18)16-6-7-19-11-5-4-9(14)8-10(11)15/h4-5,8,16H,3,6-7H2,1-2H3,(H,17,18). The van der Waals surface area contributed by atoms with Crippen LogP contribution in [0.25, 0.3) is 0 Å². The van der Waals surface area contributed by atoms with Crippen LogP contribution in [0.5, 0.6) is 5.75 Å². The molecule has 1 atom stereocenters. The Morgan fingerprint density at radius 1 is 1.47 bits per heavy atom. The number of aliphatic carboxylic acids is 1. The fraction of sp³-hybridized carbons (Fsp3) is 0.462. The Morgan fingerprint density at radius 2 is 2.16 bits per heavy atom. The number of ether oxygens (including phenoxy) is 1. The maximum absolute atomic E-state index is 11.1. The molecule has 0 radical (unpaired) electrons. The summed E-state index contributed by atoms with van der Waals surface area (Å²) in [5.74, 6) is -0.346. The molecule has 1 aromatic carbocycles. The number of nitrogens with one attached hydrogen (secondary N) is 1. The normalized spacial score (nSPS) is 13.9. The van der Waals surface area contributed by atoms with E-state index in [1.54, 1.807) is 25.1 Å². The fourth-order valence-corrected chi connectivity index (χ4v) is 1.90. The Balaban J connectivity index is 2.45. The average Bonchev–Trinajstić information content (AvgIpc) is 2.36. The molecular weight excluding hydrogens is 289 g/mol. The molecule has 0 heterocycles. The molecule has 0 saturated carbocycles. The minimum atomic E-state index is -0.937. The van der Waals surface area contributed by atoms with E-state index in [0.717, 1.165) is 0 Å². The molecule has 0 aliphatic rings. The quantitative estimate of drug-likeness (QED) is 0.759. The number of carbonyl (C=O) groups is 1. The predicted molar refractivity (Wildman–Crippen MR) is 76.3 cm³/mol. The van der Waals surface area contributed by atoms with Gasteiger partial charge in [0.2, 0.25) is 0 Å². The van der Waals surface area contributed by atoms with Gasteiger partial charge in [-0.2, -0.15) is 0 Å². The van der Waals surface area contributed by atoms with Crippen LogP contribution in [0.15, 0.2) is 18.2 Å². The highest BCUT2D eigenvalue weighted by Crippen LogP contribution is 2.27. The lowest BCUT2D eigenvalue weighted by molar-refractivity contribution is -0.144. The summed E-state index contributed by atoms with van der Waals surface area (Å²) in [5, 5.41) is 13.0. The molecule has 0 spiro atoms. The number of carboxylic acid groups (broad SMARTS) is 1. The third kappa shape index (κ3) is 4.56. The summed E-state index contributed by atoms with van der Waals surface area (Å²) in [4.78, 5) is 11.1. The first kappa shape index (κ1) is 16.1. The molecule has 0 saturated heterocycles. The van der Waals surface area contributed by atoms with Gasteiger partial charge in [0.25, 0.3) is 0 Å². The van der Waals surface area contributed by atoms with E-state index in [9.17, 15) is 4.79 Å². The van der Waals surface area contributed by atoms with Gasteiger partial charge in [-0.1, -0.05) is 30.1 Å². The zero-order valence-electron chi connectivity index (χ0n) is 10.9. The highest BCUT2D eigenvalue weighted by atomic mass is 35.5. The van der Waals surface area contributed by atoms with E-state index >= 15 is 0 Å². The zero-order valence-corrected chi connectivity index (χ0v) is 12.4. The van der Waals surface area contributed by atoms with Crippen LogP contribution in [0, 0.1) is 0 Å². The summed E-state index contributed by atoms with van der Waals surface area (Å²) < 4.78 is 5.47. The smallest absolute Gasteiger partial charge is 0.323 e. The van der Waals surface area contributed by atoms with E-state index in [0.29, 0.717) is 35.4 Å². The zero-order chi connectivity index (χ0) is 14.5. The van der Waals surface area contributed by atoms with Gasteiger partial charge in [-0.3, -0.25) is 10.1 Å².